The zero-order valence-electron chi connectivity index (χ0n) is 13.0. The zero-order valence-corrected chi connectivity index (χ0v) is 13.8. The van der Waals surface area contributed by atoms with Crippen molar-refractivity contribution in [3.63, 3.8) is 0 Å². The van der Waals surface area contributed by atoms with Crippen molar-refractivity contribution in [2.45, 2.75) is 24.3 Å². The second-order valence-electron chi connectivity index (χ2n) is 5.50. The summed E-state index contributed by atoms with van der Waals surface area (Å²) in [7, 11) is -3.98. The maximum Gasteiger partial charge on any atom is 0.338 e. The minimum atomic E-state index is -3.98. The van der Waals surface area contributed by atoms with Crippen LogP contribution in [0.5, 0.6) is 0 Å². The molecule has 0 aromatic heterocycles. The monoisotopic (exact) mass is 344 g/mol. The van der Waals surface area contributed by atoms with E-state index < -0.39 is 22.2 Å². The summed E-state index contributed by atoms with van der Waals surface area (Å²) >= 11 is 0. The third-order valence-electron chi connectivity index (χ3n) is 3.62. The molecule has 2 aromatic carbocycles. The topological polar surface area (TPSA) is 69.7 Å². The highest BCUT2D eigenvalue weighted by Crippen LogP contribution is 2.31. The van der Waals surface area contributed by atoms with Crippen LogP contribution >= 0.6 is 0 Å². The molecule has 0 bridgehead atoms. The first-order valence-corrected chi connectivity index (χ1v) is 8.82. The molecule has 0 saturated carbocycles. The second-order valence-corrected chi connectivity index (χ2v) is 7.05. The Bertz CT molecular complexity index is 867. The van der Waals surface area contributed by atoms with Crippen LogP contribution in [0.2, 0.25) is 0 Å². The van der Waals surface area contributed by atoms with Gasteiger partial charge in [-0.05, 0) is 24.6 Å². The first kappa shape index (κ1) is 16.3. The minimum absolute atomic E-state index is 0.0456. The number of hydrogen-bond donors (Lipinski definition) is 0. The number of esters is 1. The predicted octanol–water partition coefficient (Wildman–Crippen LogP) is 3.27. The molecule has 0 aliphatic carbocycles. The Hall–Kier alpha value is -2.60. The summed E-state index contributed by atoms with van der Waals surface area (Å²) in [6.07, 6.45) is 0.679. The Morgan fingerprint density at radius 1 is 1.04 bits per heavy atom. The summed E-state index contributed by atoms with van der Waals surface area (Å²) in [5.74, 6) is -0.551. The molecule has 3 rings (SSSR count). The summed E-state index contributed by atoms with van der Waals surface area (Å²) in [4.78, 5) is 11.8. The van der Waals surface area contributed by atoms with E-state index in [4.69, 9.17) is 8.92 Å². The van der Waals surface area contributed by atoms with Gasteiger partial charge in [0.15, 0.2) is 0 Å². The first-order chi connectivity index (χ1) is 11.4. The van der Waals surface area contributed by atoms with E-state index in [1.807, 2.05) is 37.3 Å². The van der Waals surface area contributed by atoms with E-state index in [1.165, 1.54) is 12.1 Å². The fourth-order valence-corrected chi connectivity index (χ4v) is 3.36. The van der Waals surface area contributed by atoms with Crippen molar-refractivity contribution < 1.29 is 22.1 Å². The van der Waals surface area contributed by atoms with Crippen LogP contribution in [0.25, 0.3) is 0 Å². The van der Waals surface area contributed by atoms with Crippen LogP contribution in [0.1, 0.15) is 23.7 Å². The van der Waals surface area contributed by atoms with Crippen LogP contribution < -0.4 is 0 Å². The lowest BCUT2D eigenvalue weighted by Gasteiger charge is -2.23. The molecule has 6 heteroatoms. The number of ether oxygens (including phenoxy) is 1. The van der Waals surface area contributed by atoms with Crippen molar-refractivity contribution in [1.82, 2.24) is 0 Å². The lowest BCUT2D eigenvalue weighted by Crippen LogP contribution is -2.19. The standard InChI is InChI=1S/C18H16O5S/c1-13-7-9-16(10-8-13)24(20,21)23-15-11-17(22-18(19)12-15)14-5-3-2-4-6-14/h2-10,12,17H,11H2,1H3. The van der Waals surface area contributed by atoms with Crippen LogP contribution in [0, 0.1) is 6.92 Å². The molecule has 2 aromatic rings. The summed E-state index contributed by atoms with van der Waals surface area (Å²) in [6.45, 7) is 1.86. The molecule has 0 amide bonds. The normalized spacial score (nSPS) is 17.8. The Morgan fingerprint density at radius 3 is 2.38 bits per heavy atom. The van der Waals surface area contributed by atoms with Gasteiger partial charge in [0, 0.05) is 6.42 Å². The van der Waals surface area contributed by atoms with Gasteiger partial charge >= 0.3 is 16.1 Å². The predicted molar refractivity (Wildman–Crippen MR) is 87.4 cm³/mol. The minimum Gasteiger partial charge on any atom is -0.454 e. The third kappa shape index (κ3) is 3.65. The average molecular weight is 344 g/mol. The number of hydrogen-bond acceptors (Lipinski definition) is 5. The van der Waals surface area contributed by atoms with Crippen LogP contribution in [0.3, 0.4) is 0 Å². The van der Waals surface area contributed by atoms with Crippen LogP contribution in [0.15, 0.2) is 71.3 Å². The van der Waals surface area contributed by atoms with Crippen molar-refractivity contribution in [3.05, 3.63) is 77.6 Å². The molecule has 1 aliphatic heterocycles. The maximum atomic E-state index is 12.3. The molecular weight excluding hydrogens is 328 g/mol. The molecule has 1 aliphatic rings. The quantitative estimate of drug-likeness (QED) is 0.629. The van der Waals surface area contributed by atoms with E-state index in [1.54, 1.807) is 12.1 Å². The number of benzene rings is 2. The maximum absolute atomic E-state index is 12.3. The molecule has 1 unspecified atom stereocenters. The van der Waals surface area contributed by atoms with Gasteiger partial charge in [0.25, 0.3) is 0 Å². The summed E-state index contributed by atoms with van der Waals surface area (Å²) in [5.41, 5.74) is 1.73. The van der Waals surface area contributed by atoms with Crippen molar-refractivity contribution in [2.24, 2.45) is 0 Å². The number of rotatable bonds is 4. The smallest absolute Gasteiger partial charge is 0.338 e. The molecule has 0 N–H and O–H groups in total. The Morgan fingerprint density at radius 2 is 1.71 bits per heavy atom. The van der Waals surface area contributed by atoms with Gasteiger partial charge < -0.3 is 8.92 Å². The second kappa shape index (κ2) is 6.49. The molecule has 0 fully saturated rings. The van der Waals surface area contributed by atoms with Gasteiger partial charge in [-0.1, -0.05) is 48.0 Å². The van der Waals surface area contributed by atoms with Gasteiger partial charge in [0.2, 0.25) is 0 Å². The fourth-order valence-electron chi connectivity index (χ4n) is 2.39. The fraction of sp³-hybridized carbons (Fsp3) is 0.167. The van der Waals surface area contributed by atoms with Crippen LogP contribution in [0.4, 0.5) is 0 Å². The Labute approximate surface area is 140 Å². The zero-order chi connectivity index (χ0) is 17.2. The number of aryl methyl sites for hydroxylation is 1. The van der Waals surface area contributed by atoms with Crippen molar-refractivity contribution in [1.29, 1.82) is 0 Å². The Kier molecular flexibility index (Phi) is 4.40. The molecule has 0 saturated heterocycles. The van der Waals surface area contributed by atoms with Gasteiger partial charge in [0.1, 0.15) is 16.8 Å². The van der Waals surface area contributed by atoms with Gasteiger partial charge in [-0.2, -0.15) is 8.42 Å². The molecular formula is C18H16O5S. The van der Waals surface area contributed by atoms with Crippen molar-refractivity contribution in [3.8, 4) is 0 Å². The van der Waals surface area contributed by atoms with Gasteiger partial charge in [0.05, 0.1) is 6.08 Å². The largest absolute Gasteiger partial charge is 0.454 e. The van der Waals surface area contributed by atoms with E-state index in [0.29, 0.717) is 0 Å². The third-order valence-corrected chi connectivity index (χ3v) is 4.90. The van der Waals surface area contributed by atoms with Crippen LogP contribution in [-0.4, -0.2) is 14.4 Å². The molecule has 24 heavy (non-hydrogen) atoms. The van der Waals surface area contributed by atoms with Gasteiger partial charge in [-0.15, -0.1) is 0 Å². The van der Waals surface area contributed by atoms with E-state index in [2.05, 4.69) is 0 Å². The van der Waals surface area contributed by atoms with Gasteiger partial charge in [-0.3, -0.25) is 0 Å². The summed E-state index contributed by atoms with van der Waals surface area (Å²) < 4.78 is 35.1. The molecule has 0 radical (unpaired) electrons. The molecule has 1 atom stereocenters. The number of carbonyl (C=O) groups excluding carboxylic acids is 1. The lowest BCUT2D eigenvalue weighted by atomic mass is 10.0. The molecule has 1 heterocycles. The van der Waals surface area contributed by atoms with Gasteiger partial charge in [-0.25, -0.2) is 4.79 Å². The highest BCUT2D eigenvalue weighted by atomic mass is 32.2. The molecule has 124 valence electrons. The van der Waals surface area contributed by atoms with Crippen molar-refractivity contribution >= 4 is 16.1 Å². The van der Waals surface area contributed by atoms with E-state index in [0.717, 1.165) is 17.2 Å². The van der Waals surface area contributed by atoms with E-state index in [-0.39, 0.29) is 17.1 Å². The number of cyclic esters (lactones) is 1. The molecule has 0 spiro atoms. The SMILES string of the molecule is Cc1ccc(S(=O)(=O)OC2=CC(=O)OC(c3ccccc3)C2)cc1. The average Bonchev–Trinajstić information content (AvgIpc) is 2.55. The first-order valence-electron chi connectivity index (χ1n) is 7.41. The lowest BCUT2D eigenvalue weighted by molar-refractivity contribution is -0.145. The van der Waals surface area contributed by atoms with E-state index in [9.17, 15) is 13.2 Å². The van der Waals surface area contributed by atoms with Crippen LogP contribution in [-0.2, 0) is 23.8 Å². The highest BCUT2D eigenvalue weighted by molar-refractivity contribution is 7.86. The van der Waals surface area contributed by atoms with Crippen molar-refractivity contribution in [2.75, 3.05) is 0 Å². The molecule has 5 nitrogen and oxygen atoms in total. The highest BCUT2D eigenvalue weighted by Gasteiger charge is 2.28. The van der Waals surface area contributed by atoms with E-state index >= 15 is 0 Å². The number of carbonyl (C=O) groups is 1. The summed E-state index contributed by atoms with van der Waals surface area (Å²) in [6, 6.07) is 15.4. The Balaban J connectivity index is 1.81. The summed E-state index contributed by atoms with van der Waals surface area (Å²) in [5, 5.41) is 0.